The topological polar surface area (TPSA) is 55.1 Å². The summed E-state index contributed by atoms with van der Waals surface area (Å²) in [6.45, 7) is 2.62. The van der Waals surface area contributed by atoms with Crippen LogP contribution in [0.5, 0.6) is 0 Å². The molecule has 1 aliphatic carbocycles. The molecule has 0 spiro atoms. The van der Waals surface area contributed by atoms with Crippen molar-refractivity contribution in [1.29, 1.82) is 0 Å². The van der Waals surface area contributed by atoms with Crippen LogP contribution in [0.25, 0.3) is 0 Å². The molecule has 0 saturated heterocycles. The number of benzene rings is 1. The van der Waals surface area contributed by atoms with Gasteiger partial charge in [-0.3, -0.25) is 4.79 Å². The van der Waals surface area contributed by atoms with Gasteiger partial charge < -0.3 is 11.1 Å². The lowest BCUT2D eigenvalue weighted by Gasteiger charge is -2.31. The molecule has 2 rings (SSSR count). The zero-order valence-corrected chi connectivity index (χ0v) is 12.3. The first kappa shape index (κ1) is 16.0. The Balaban J connectivity index is 0.00000180. The van der Waals surface area contributed by atoms with Gasteiger partial charge in [0.05, 0.1) is 5.54 Å². The standard InChI is InChI=1S/C15H22N2O.ClH/c1-12-6-5-7-13(10-12)11-17-14(18)15(16)8-3-2-4-9-15;/h5-7,10H,2-4,8-9,11,16H2,1H3,(H,17,18);1H. The van der Waals surface area contributed by atoms with Crippen molar-refractivity contribution in [1.82, 2.24) is 5.32 Å². The third-order valence-corrected chi connectivity index (χ3v) is 3.73. The maximum Gasteiger partial charge on any atom is 0.240 e. The van der Waals surface area contributed by atoms with E-state index in [0.29, 0.717) is 6.54 Å². The zero-order valence-electron chi connectivity index (χ0n) is 11.4. The summed E-state index contributed by atoms with van der Waals surface area (Å²) in [7, 11) is 0. The highest BCUT2D eigenvalue weighted by Crippen LogP contribution is 2.26. The number of rotatable bonds is 3. The van der Waals surface area contributed by atoms with Crippen molar-refractivity contribution >= 4 is 18.3 Å². The summed E-state index contributed by atoms with van der Waals surface area (Å²) in [5.74, 6) is 0.00343. The second-order valence-electron chi connectivity index (χ2n) is 5.39. The van der Waals surface area contributed by atoms with Crippen LogP contribution in [-0.4, -0.2) is 11.4 Å². The lowest BCUT2D eigenvalue weighted by Crippen LogP contribution is -2.54. The highest BCUT2D eigenvalue weighted by molar-refractivity contribution is 5.86. The maximum atomic E-state index is 12.1. The summed E-state index contributed by atoms with van der Waals surface area (Å²) in [6.07, 6.45) is 4.95. The second kappa shape index (κ2) is 6.92. The van der Waals surface area contributed by atoms with Crippen molar-refractivity contribution in [3.63, 3.8) is 0 Å². The van der Waals surface area contributed by atoms with Crippen LogP contribution < -0.4 is 11.1 Å². The Hall–Kier alpha value is -1.06. The van der Waals surface area contributed by atoms with Crippen LogP contribution in [0, 0.1) is 6.92 Å². The summed E-state index contributed by atoms with van der Waals surface area (Å²) in [5.41, 5.74) is 7.89. The Morgan fingerprint density at radius 2 is 2.00 bits per heavy atom. The van der Waals surface area contributed by atoms with E-state index in [1.54, 1.807) is 0 Å². The fourth-order valence-electron chi connectivity index (χ4n) is 2.59. The molecule has 3 N–H and O–H groups in total. The minimum Gasteiger partial charge on any atom is -0.350 e. The van der Waals surface area contributed by atoms with E-state index in [1.807, 2.05) is 12.1 Å². The quantitative estimate of drug-likeness (QED) is 0.896. The third kappa shape index (κ3) is 4.22. The Morgan fingerprint density at radius 3 is 2.63 bits per heavy atom. The minimum atomic E-state index is -0.637. The van der Waals surface area contributed by atoms with Gasteiger partial charge in [0, 0.05) is 6.54 Å². The molecular formula is C15H23ClN2O. The van der Waals surface area contributed by atoms with Crippen LogP contribution in [0.3, 0.4) is 0 Å². The summed E-state index contributed by atoms with van der Waals surface area (Å²) in [4.78, 5) is 12.1. The SMILES string of the molecule is Cc1cccc(CNC(=O)C2(N)CCCCC2)c1.Cl. The first-order valence-corrected chi connectivity index (χ1v) is 6.73. The average Bonchev–Trinajstić information content (AvgIpc) is 2.37. The lowest BCUT2D eigenvalue weighted by molar-refractivity contribution is -0.127. The number of hydrogen-bond donors (Lipinski definition) is 2. The maximum absolute atomic E-state index is 12.1. The molecule has 1 saturated carbocycles. The fraction of sp³-hybridized carbons (Fsp3) is 0.533. The molecule has 0 aromatic heterocycles. The smallest absolute Gasteiger partial charge is 0.240 e. The molecule has 0 unspecified atom stereocenters. The summed E-state index contributed by atoms with van der Waals surface area (Å²) in [5, 5.41) is 2.97. The van der Waals surface area contributed by atoms with E-state index >= 15 is 0 Å². The van der Waals surface area contributed by atoms with E-state index < -0.39 is 5.54 Å². The largest absolute Gasteiger partial charge is 0.350 e. The number of nitrogens with two attached hydrogens (primary N) is 1. The highest BCUT2D eigenvalue weighted by Gasteiger charge is 2.34. The second-order valence-corrected chi connectivity index (χ2v) is 5.39. The molecule has 0 atom stereocenters. The lowest BCUT2D eigenvalue weighted by atomic mass is 9.82. The van der Waals surface area contributed by atoms with E-state index in [9.17, 15) is 4.79 Å². The average molecular weight is 283 g/mol. The Labute approximate surface area is 121 Å². The van der Waals surface area contributed by atoms with Gasteiger partial charge in [0.1, 0.15) is 0 Å². The fourth-order valence-corrected chi connectivity index (χ4v) is 2.59. The van der Waals surface area contributed by atoms with Gasteiger partial charge in [-0.2, -0.15) is 0 Å². The number of aryl methyl sites for hydroxylation is 1. The summed E-state index contributed by atoms with van der Waals surface area (Å²) >= 11 is 0. The van der Waals surface area contributed by atoms with Gasteiger partial charge in [-0.05, 0) is 25.3 Å². The predicted octanol–water partition coefficient (Wildman–Crippen LogP) is 2.69. The van der Waals surface area contributed by atoms with Crippen molar-refractivity contribution < 1.29 is 4.79 Å². The van der Waals surface area contributed by atoms with Gasteiger partial charge >= 0.3 is 0 Å². The third-order valence-electron chi connectivity index (χ3n) is 3.73. The molecule has 4 heteroatoms. The van der Waals surface area contributed by atoms with Crippen LogP contribution in [0.4, 0.5) is 0 Å². The molecule has 0 radical (unpaired) electrons. The number of halogens is 1. The zero-order chi connectivity index (χ0) is 13.0. The first-order chi connectivity index (χ1) is 8.60. The van der Waals surface area contributed by atoms with E-state index in [2.05, 4.69) is 24.4 Å². The van der Waals surface area contributed by atoms with E-state index in [-0.39, 0.29) is 18.3 Å². The van der Waals surface area contributed by atoms with Crippen LogP contribution >= 0.6 is 12.4 Å². The van der Waals surface area contributed by atoms with Crippen LogP contribution in [0.2, 0.25) is 0 Å². The van der Waals surface area contributed by atoms with Crippen LogP contribution in [0.15, 0.2) is 24.3 Å². The summed E-state index contributed by atoms with van der Waals surface area (Å²) < 4.78 is 0. The van der Waals surface area contributed by atoms with Gasteiger partial charge in [0.25, 0.3) is 0 Å². The molecule has 1 aliphatic rings. The summed E-state index contributed by atoms with van der Waals surface area (Å²) in [6, 6.07) is 8.17. The van der Waals surface area contributed by atoms with Gasteiger partial charge in [0.2, 0.25) is 5.91 Å². The predicted molar refractivity (Wildman–Crippen MR) is 80.3 cm³/mol. The number of amides is 1. The molecule has 19 heavy (non-hydrogen) atoms. The molecule has 106 valence electrons. The molecule has 1 aromatic rings. The van der Waals surface area contributed by atoms with Crippen LogP contribution in [-0.2, 0) is 11.3 Å². The van der Waals surface area contributed by atoms with Crippen molar-refractivity contribution in [2.75, 3.05) is 0 Å². The first-order valence-electron chi connectivity index (χ1n) is 6.73. The monoisotopic (exact) mass is 282 g/mol. The van der Waals surface area contributed by atoms with Crippen molar-refractivity contribution in [2.45, 2.75) is 51.1 Å². The molecular weight excluding hydrogens is 260 g/mol. The van der Waals surface area contributed by atoms with Crippen LogP contribution in [0.1, 0.15) is 43.2 Å². The molecule has 0 heterocycles. The Bertz CT molecular complexity index is 428. The van der Waals surface area contributed by atoms with Gasteiger partial charge in [-0.25, -0.2) is 0 Å². The number of carbonyl (C=O) groups is 1. The molecule has 1 amide bonds. The van der Waals surface area contributed by atoms with E-state index in [0.717, 1.165) is 31.2 Å². The Morgan fingerprint density at radius 1 is 1.32 bits per heavy atom. The highest BCUT2D eigenvalue weighted by atomic mass is 35.5. The van der Waals surface area contributed by atoms with E-state index in [1.165, 1.54) is 12.0 Å². The molecule has 0 bridgehead atoms. The van der Waals surface area contributed by atoms with Crippen molar-refractivity contribution in [2.24, 2.45) is 5.73 Å². The number of hydrogen-bond acceptors (Lipinski definition) is 2. The van der Waals surface area contributed by atoms with Gasteiger partial charge in [-0.1, -0.05) is 49.1 Å². The molecule has 3 nitrogen and oxygen atoms in total. The van der Waals surface area contributed by atoms with Gasteiger partial charge in [-0.15, -0.1) is 12.4 Å². The minimum absolute atomic E-state index is 0. The molecule has 0 aliphatic heterocycles. The van der Waals surface area contributed by atoms with E-state index in [4.69, 9.17) is 5.73 Å². The van der Waals surface area contributed by atoms with Crippen molar-refractivity contribution in [3.8, 4) is 0 Å². The number of nitrogens with one attached hydrogen (secondary N) is 1. The Kier molecular flexibility index (Phi) is 5.83. The van der Waals surface area contributed by atoms with Gasteiger partial charge in [0.15, 0.2) is 0 Å². The number of carbonyl (C=O) groups excluding carboxylic acids is 1. The molecule has 1 aromatic carbocycles. The normalized spacial score (nSPS) is 17.4. The molecule has 1 fully saturated rings. The van der Waals surface area contributed by atoms with Crippen molar-refractivity contribution in [3.05, 3.63) is 35.4 Å².